The van der Waals surface area contributed by atoms with Gasteiger partial charge in [0.2, 0.25) is 0 Å². The molecular formula is C13H22N2O. The molecule has 0 heterocycles. The van der Waals surface area contributed by atoms with Crippen LogP contribution in [0.25, 0.3) is 0 Å². The summed E-state index contributed by atoms with van der Waals surface area (Å²) in [6.07, 6.45) is -0.319. The molecule has 0 unspecified atom stereocenters. The van der Waals surface area contributed by atoms with Crippen molar-refractivity contribution in [1.29, 1.82) is 0 Å². The van der Waals surface area contributed by atoms with Crippen LogP contribution in [0.3, 0.4) is 0 Å². The Hall–Kier alpha value is -1.06. The van der Waals surface area contributed by atoms with E-state index >= 15 is 0 Å². The molecule has 0 aromatic heterocycles. The number of aliphatic hydroxyl groups is 1. The van der Waals surface area contributed by atoms with E-state index in [1.165, 1.54) is 0 Å². The lowest BCUT2D eigenvalue weighted by Crippen LogP contribution is -2.35. The molecule has 0 spiro atoms. The van der Waals surface area contributed by atoms with E-state index in [4.69, 9.17) is 0 Å². The normalized spacial score (nSPS) is 12.8. The topological polar surface area (TPSA) is 35.5 Å². The standard InChI is InChI=1S/C13H22N2O/c1-3-15(4-2)11-13(16)10-14-12-8-6-5-7-9-12/h5-9,13-14,16H,3-4,10-11H2,1-2H3/t13-/m1/s1. The number of hydrogen-bond donors (Lipinski definition) is 2. The molecule has 2 N–H and O–H groups in total. The van der Waals surface area contributed by atoms with Crippen molar-refractivity contribution in [3.8, 4) is 0 Å². The van der Waals surface area contributed by atoms with Gasteiger partial charge in [0.25, 0.3) is 0 Å². The average molecular weight is 222 g/mol. The van der Waals surface area contributed by atoms with E-state index in [-0.39, 0.29) is 6.10 Å². The van der Waals surface area contributed by atoms with Gasteiger partial charge in [-0.25, -0.2) is 0 Å². The molecule has 0 amide bonds. The first-order valence-corrected chi connectivity index (χ1v) is 5.95. The van der Waals surface area contributed by atoms with Crippen molar-refractivity contribution < 1.29 is 5.11 Å². The molecule has 0 saturated heterocycles. The number of para-hydroxylation sites is 1. The van der Waals surface area contributed by atoms with E-state index < -0.39 is 0 Å². The molecule has 90 valence electrons. The van der Waals surface area contributed by atoms with Crippen molar-refractivity contribution in [2.75, 3.05) is 31.5 Å². The van der Waals surface area contributed by atoms with Crippen LogP contribution in [-0.4, -0.2) is 42.3 Å². The Balaban J connectivity index is 2.27. The molecular weight excluding hydrogens is 200 g/mol. The number of aliphatic hydroxyl groups excluding tert-OH is 1. The highest BCUT2D eigenvalue weighted by Gasteiger charge is 2.08. The van der Waals surface area contributed by atoms with Crippen molar-refractivity contribution in [2.45, 2.75) is 20.0 Å². The summed E-state index contributed by atoms with van der Waals surface area (Å²) in [7, 11) is 0. The Kier molecular flexibility index (Phi) is 5.90. The first kappa shape index (κ1) is 13.0. The number of nitrogens with zero attached hydrogens (tertiary/aromatic N) is 1. The van der Waals surface area contributed by atoms with E-state index in [0.717, 1.165) is 25.3 Å². The lowest BCUT2D eigenvalue weighted by molar-refractivity contribution is 0.128. The fraction of sp³-hybridized carbons (Fsp3) is 0.538. The second kappa shape index (κ2) is 7.25. The van der Waals surface area contributed by atoms with Crippen LogP contribution in [-0.2, 0) is 0 Å². The second-order valence-electron chi connectivity index (χ2n) is 3.89. The fourth-order valence-electron chi connectivity index (χ4n) is 1.64. The Morgan fingerprint density at radius 3 is 2.38 bits per heavy atom. The van der Waals surface area contributed by atoms with Crippen LogP contribution in [0.5, 0.6) is 0 Å². The quantitative estimate of drug-likeness (QED) is 0.738. The number of anilines is 1. The molecule has 1 aromatic rings. The highest BCUT2D eigenvalue weighted by Crippen LogP contribution is 2.04. The number of likely N-dealkylation sites (N-methyl/N-ethyl adjacent to an activating group) is 1. The molecule has 0 fully saturated rings. The Morgan fingerprint density at radius 2 is 1.81 bits per heavy atom. The maximum absolute atomic E-state index is 9.84. The van der Waals surface area contributed by atoms with Crippen LogP contribution in [0.4, 0.5) is 5.69 Å². The third kappa shape index (κ3) is 4.64. The maximum Gasteiger partial charge on any atom is 0.0839 e. The minimum atomic E-state index is -0.319. The smallest absolute Gasteiger partial charge is 0.0839 e. The summed E-state index contributed by atoms with van der Waals surface area (Å²) < 4.78 is 0. The third-order valence-electron chi connectivity index (χ3n) is 2.68. The molecule has 1 atom stereocenters. The zero-order valence-corrected chi connectivity index (χ0v) is 10.2. The van der Waals surface area contributed by atoms with Crippen LogP contribution >= 0.6 is 0 Å². The van der Waals surface area contributed by atoms with E-state index in [9.17, 15) is 5.11 Å². The van der Waals surface area contributed by atoms with Gasteiger partial charge in [-0.1, -0.05) is 32.0 Å². The molecule has 0 aliphatic heterocycles. The third-order valence-corrected chi connectivity index (χ3v) is 2.68. The van der Waals surface area contributed by atoms with Gasteiger partial charge in [0.1, 0.15) is 0 Å². The molecule has 0 aliphatic carbocycles. The molecule has 1 aromatic carbocycles. The van der Waals surface area contributed by atoms with Gasteiger partial charge in [-0.3, -0.25) is 0 Å². The van der Waals surface area contributed by atoms with Crippen LogP contribution in [0.15, 0.2) is 30.3 Å². The van der Waals surface area contributed by atoms with E-state index in [1.807, 2.05) is 30.3 Å². The van der Waals surface area contributed by atoms with Gasteiger partial charge < -0.3 is 15.3 Å². The first-order valence-electron chi connectivity index (χ1n) is 5.95. The highest BCUT2D eigenvalue weighted by atomic mass is 16.3. The Labute approximate surface area is 98.1 Å². The summed E-state index contributed by atoms with van der Waals surface area (Å²) in [5, 5.41) is 13.1. The van der Waals surface area contributed by atoms with Crippen LogP contribution < -0.4 is 5.32 Å². The molecule has 3 heteroatoms. The second-order valence-corrected chi connectivity index (χ2v) is 3.89. The Bertz CT molecular complexity index is 273. The predicted molar refractivity (Wildman–Crippen MR) is 68.7 cm³/mol. The lowest BCUT2D eigenvalue weighted by Gasteiger charge is -2.22. The van der Waals surface area contributed by atoms with Crippen molar-refractivity contribution in [2.24, 2.45) is 0 Å². The van der Waals surface area contributed by atoms with Gasteiger partial charge in [0, 0.05) is 18.8 Å². The van der Waals surface area contributed by atoms with Crippen molar-refractivity contribution >= 4 is 5.69 Å². The van der Waals surface area contributed by atoms with E-state index in [1.54, 1.807) is 0 Å². The van der Waals surface area contributed by atoms with Gasteiger partial charge in [0.15, 0.2) is 0 Å². The van der Waals surface area contributed by atoms with Crippen LogP contribution in [0.2, 0.25) is 0 Å². The average Bonchev–Trinajstić information content (AvgIpc) is 2.34. The molecule has 16 heavy (non-hydrogen) atoms. The zero-order valence-electron chi connectivity index (χ0n) is 10.2. The van der Waals surface area contributed by atoms with Crippen molar-refractivity contribution in [3.05, 3.63) is 30.3 Å². The molecule has 0 radical (unpaired) electrons. The minimum Gasteiger partial charge on any atom is -0.390 e. The lowest BCUT2D eigenvalue weighted by atomic mass is 10.3. The van der Waals surface area contributed by atoms with E-state index in [0.29, 0.717) is 6.54 Å². The maximum atomic E-state index is 9.84. The molecule has 1 rings (SSSR count). The summed E-state index contributed by atoms with van der Waals surface area (Å²) in [5.41, 5.74) is 1.06. The minimum absolute atomic E-state index is 0.319. The van der Waals surface area contributed by atoms with E-state index in [2.05, 4.69) is 24.1 Å². The predicted octanol–water partition coefficient (Wildman–Crippen LogP) is 1.80. The first-order chi connectivity index (χ1) is 7.76. The Morgan fingerprint density at radius 1 is 1.19 bits per heavy atom. The van der Waals surface area contributed by atoms with Gasteiger partial charge in [-0.05, 0) is 25.2 Å². The summed E-state index contributed by atoms with van der Waals surface area (Å²) in [6, 6.07) is 9.96. The summed E-state index contributed by atoms with van der Waals surface area (Å²) in [6.45, 7) is 7.52. The highest BCUT2D eigenvalue weighted by molar-refractivity contribution is 5.42. The molecule has 3 nitrogen and oxygen atoms in total. The number of nitrogens with one attached hydrogen (secondary N) is 1. The molecule has 0 aliphatic rings. The monoisotopic (exact) mass is 222 g/mol. The number of rotatable bonds is 7. The van der Waals surface area contributed by atoms with Crippen LogP contribution in [0.1, 0.15) is 13.8 Å². The summed E-state index contributed by atoms with van der Waals surface area (Å²) in [5.74, 6) is 0. The van der Waals surface area contributed by atoms with Crippen molar-refractivity contribution in [3.63, 3.8) is 0 Å². The number of benzene rings is 1. The SMILES string of the molecule is CCN(CC)C[C@H](O)CNc1ccccc1. The fourth-order valence-corrected chi connectivity index (χ4v) is 1.64. The van der Waals surface area contributed by atoms with Crippen molar-refractivity contribution in [1.82, 2.24) is 4.90 Å². The van der Waals surface area contributed by atoms with Gasteiger partial charge in [-0.2, -0.15) is 0 Å². The zero-order chi connectivity index (χ0) is 11.8. The molecule has 0 bridgehead atoms. The summed E-state index contributed by atoms with van der Waals surface area (Å²) in [4.78, 5) is 2.22. The van der Waals surface area contributed by atoms with Gasteiger partial charge in [0.05, 0.1) is 6.10 Å². The summed E-state index contributed by atoms with van der Waals surface area (Å²) >= 11 is 0. The molecule has 0 saturated carbocycles. The van der Waals surface area contributed by atoms with Gasteiger partial charge >= 0.3 is 0 Å². The number of hydrogen-bond acceptors (Lipinski definition) is 3. The van der Waals surface area contributed by atoms with Gasteiger partial charge in [-0.15, -0.1) is 0 Å². The largest absolute Gasteiger partial charge is 0.390 e. The van der Waals surface area contributed by atoms with Crippen LogP contribution in [0, 0.1) is 0 Å².